The lowest BCUT2D eigenvalue weighted by Crippen LogP contribution is -2.52. The fourth-order valence-corrected chi connectivity index (χ4v) is 6.05. The minimum absolute atomic E-state index is 0.000128. The molecule has 0 aromatic carbocycles. The van der Waals surface area contributed by atoms with E-state index in [1.165, 1.54) is 0 Å². The average Bonchev–Trinajstić information content (AvgIpc) is 3.25. The quantitative estimate of drug-likeness (QED) is 0.806. The highest BCUT2D eigenvalue weighted by Crippen LogP contribution is 2.48. The zero-order valence-corrected chi connectivity index (χ0v) is 16.5. The van der Waals surface area contributed by atoms with Gasteiger partial charge in [0, 0.05) is 25.1 Å². The maximum Gasteiger partial charge on any atom is 0.246 e. The van der Waals surface area contributed by atoms with E-state index in [-0.39, 0.29) is 28.8 Å². The Morgan fingerprint density at radius 1 is 1.35 bits per heavy atom. The molecule has 6 heteroatoms. The number of fused-ring (bicyclic) bond motifs is 1. The van der Waals surface area contributed by atoms with Crippen molar-refractivity contribution in [2.75, 3.05) is 12.3 Å². The molecular weight excluding hydrogens is 348 g/mol. The second-order valence-corrected chi connectivity index (χ2v) is 9.32. The maximum atomic E-state index is 13.5. The van der Waals surface area contributed by atoms with Crippen molar-refractivity contribution in [3.63, 3.8) is 0 Å². The zero-order chi connectivity index (χ0) is 18.3. The van der Waals surface area contributed by atoms with E-state index in [9.17, 15) is 9.59 Å². The monoisotopic (exact) mass is 376 g/mol. The maximum absolute atomic E-state index is 13.5. The Kier molecular flexibility index (Phi) is 4.80. The molecule has 3 aliphatic rings. The van der Waals surface area contributed by atoms with E-state index in [4.69, 9.17) is 4.42 Å². The van der Waals surface area contributed by atoms with Crippen molar-refractivity contribution in [2.45, 2.75) is 75.7 Å². The van der Waals surface area contributed by atoms with Crippen LogP contribution in [-0.2, 0) is 16.0 Å². The van der Waals surface area contributed by atoms with Crippen LogP contribution in [0.1, 0.15) is 69.9 Å². The van der Waals surface area contributed by atoms with Crippen molar-refractivity contribution >= 4 is 23.6 Å². The summed E-state index contributed by atoms with van der Waals surface area (Å²) in [6.45, 7) is 4.94. The summed E-state index contributed by atoms with van der Waals surface area (Å²) in [5.74, 6) is 2.82. The predicted octanol–water partition coefficient (Wildman–Crippen LogP) is 3.74. The molecule has 142 valence electrons. The lowest BCUT2D eigenvalue weighted by molar-refractivity contribution is -0.145. The van der Waals surface area contributed by atoms with Gasteiger partial charge in [0.15, 0.2) is 0 Å². The Morgan fingerprint density at radius 2 is 2.19 bits per heavy atom. The molecule has 4 heterocycles. The summed E-state index contributed by atoms with van der Waals surface area (Å²) in [5.41, 5.74) is 0. The van der Waals surface area contributed by atoms with Crippen molar-refractivity contribution in [2.24, 2.45) is 0 Å². The molecule has 0 N–H and O–H groups in total. The van der Waals surface area contributed by atoms with Gasteiger partial charge in [0.2, 0.25) is 11.8 Å². The van der Waals surface area contributed by atoms with E-state index >= 15 is 0 Å². The first-order valence-electron chi connectivity index (χ1n) is 9.89. The molecule has 1 aromatic rings. The number of nitrogens with zero attached hydrogens (tertiary/aromatic N) is 2. The van der Waals surface area contributed by atoms with Gasteiger partial charge in [0.05, 0.1) is 10.9 Å². The molecule has 0 bridgehead atoms. The van der Waals surface area contributed by atoms with Crippen LogP contribution in [0.3, 0.4) is 0 Å². The molecule has 3 fully saturated rings. The summed E-state index contributed by atoms with van der Waals surface area (Å²) in [6.07, 6.45) is 6.48. The zero-order valence-electron chi connectivity index (χ0n) is 15.7. The first kappa shape index (κ1) is 18.0. The summed E-state index contributed by atoms with van der Waals surface area (Å²) < 4.78 is 6.02. The largest absolute Gasteiger partial charge is 0.464 e. The number of likely N-dealkylation sites (tertiary alicyclic amines) is 1. The molecule has 3 atom stereocenters. The van der Waals surface area contributed by atoms with Crippen molar-refractivity contribution in [3.05, 3.63) is 23.7 Å². The van der Waals surface area contributed by atoms with Gasteiger partial charge in [-0.1, -0.05) is 19.8 Å². The number of furan rings is 1. The van der Waals surface area contributed by atoms with Crippen LogP contribution in [0.15, 0.2) is 16.5 Å². The number of amides is 2. The minimum Gasteiger partial charge on any atom is -0.464 e. The lowest BCUT2D eigenvalue weighted by Gasteiger charge is -2.35. The van der Waals surface area contributed by atoms with E-state index in [2.05, 4.69) is 13.8 Å². The average molecular weight is 377 g/mol. The first-order chi connectivity index (χ1) is 12.5. The van der Waals surface area contributed by atoms with Crippen molar-refractivity contribution in [1.29, 1.82) is 0 Å². The molecular formula is C20H28N2O3S. The van der Waals surface area contributed by atoms with Crippen LogP contribution < -0.4 is 0 Å². The molecule has 3 saturated heterocycles. The van der Waals surface area contributed by atoms with Gasteiger partial charge < -0.3 is 14.2 Å². The van der Waals surface area contributed by atoms with Crippen LogP contribution in [0.2, 0.25) is 0 Å². The Balaban J connectivity index is 1.60. The molecule has 0 aliphatic carbocycles. The van der Waals surface area contributed by atoms with Crippen LogP contribution in [0.25, 0.3) is 0 Å². The molecule has 1 aromatic heterocycles. The number of hydrogen-bond donors (Lipinski definition) is 0. The van der Waals surface area contributed by atoms with E-state index in [1.54, 1.807) is 11.8 Å². The van der Waals surface area contributed by atoms with E-state index in [0.717, 1.165) is 56.6 Å². The summed E-state index contributed by atoms with van der Waals surface area (Å²) in [4.78, 5) is 29.7. The third kappa shape index (κ3) is 2.96. The second kappa shape index (κ2) is 6.95. The SMILES string of the molecule is CCc1ccc(C2CCCCCN2C(=O)C2CSC3(C)CCC(=O)N23)o1. The van der Waals surface area contributed by atoms with Gasteiger partial charge in [0.1, 0.15) is 17.6 Å². The number of rotatable bonds is 3. The molecule has 2 amide bonds. The van der Waals surface area contributed by atoms with Crippen LogP contribution >= 0.6 is 11.8 Å². The molecule has 0 spiro atoms. The van der Waals surface area contributed by atoms with Crippen LogP contribution in [0, 0.1) is 0 Å². The molecule has 0 saturated carbocycles. The van der Waals surface area contributed by atoms with E-state index in [0.29, 0.717) is 12.2 Å². The topological polar surface area (TPSA) is 53.8 Å². The molecule has 3 unspecified atom stereocenters. The summed E-state index contributed by atoms with van der Waals surface area (Å²) in [7, 11) is 0. The summed E-state index contributed by atoms with van der Waals surface area (Å²) in [6, 6.07) is 3.74. The standard InChI is InChI=1S/C20H28N2O3S/c1-3-14-8-9-17(25-14)15-7-5-4-6-12-21(15)19(24)16-13-26-20(2)11-10-18(23)22(16)20/h8-9,15-16H,3-7,10-13H2,1-2H3. The van der Waals surface area contributed by atoms with E-state index in [1.807, 2.05) is 21.9 Å². The number of hydrogen-bond acceptors (Lipinski definition) is 4. The number of carbonyl (C=O) groups is 2. The van der Waals surface area contributed by atoms with Gasteiger partial charge >= 0.3 is 0 Å². The normalized spacial score (nSPS) is 32.0. The Morgan fingerprint density at radius 3 is 2.96 bits per heavy atom. The molecule has 5 nitrogen and oxygen atoms in total. The van der Waals surface area contributed by atoms with Crippen LogP contribution in [0.5, 0.6) is 0 Å². The predicted molar refractivity (Wildman–Crippen MR) is 102 cm³/mol. The molecule has 26 heavy (non-hydrogen) atoms. The minimum atomic E-state index is -0.318. The van der Waals surface area contributed by atoms with Crippen LogP contribution in [0.4, 0.5) is 0 Å². The summed E-state index contributed by atoms with van der Waals surface area (Å²) >= 11 is 1.76. The lowest BCUT2D eigenvalue weighted by atomic mass is 10.1. The third-order valence-corrected chi connectivity index (χ3v) is 7.63. The van der Waals surface area contributed by atoms with Crippen LogP contribution in [-0.4, -0.2) is 44.8 Å². The molecule has 4 rings (SSSR count). The van der Waals surface area contributed by atoms with Crippen molar-refractivity contribution in [1.82, 2.24) is 9.80 Å². The van der Waals surface area contributed by atoms with Gasteiger partial charge in [-0.2, -0.15) is 0 Å². The van der Waals surface area contributed by atoms with Crippen molar-refractivity contribution in [3.8, 4) is 0 Å². The Labute approximate surface area is 159 Å². The molecule has 3 aliphatic heterocycles. The number of aryl methyl sites for hydroxylation is 1. The highest BCUT2D eigenvalue weighted by atomic mass is 32.2. The Hall–Kier alpha value is -1.43. The highest BCUT2D eigenvalue weighted by Gasteiger charge is 2.54. The highest BCUT2D eigenvalue weighted by molar-refractivity contribution is 8.01. The first-order valence-corrected chi connectivity index (χ1v) is 10.9. The van der Waals surface area contributed by atoms with Gasteiger partial charge in [-0.3, -0.25) is 9.59 Å². The third-order valence-electron chi connectivity index (χ3n) is 6.13. The number of thioether (sulfide) groups is 1. The second-order valence-electron chi connectivity index (χ2n) is 7.82. The van der Waals surface area contributed by atoms with Crippen molar-refractivity contribution < 1.29 is 14.0 Å². The van der Waals surface area contributed by atoms with E-state index < -0.39 is 0 Å². The molecule has 0 radical (unpaired) electrons. The fraction of sp³-hybridized carbons (Fsp3) is 0.700. The Bertz CT molecular complexity index is 703. The smallest absolute Gasteiger partial charge is 0.246 e. The fourth-order valence-electron chi connectivity index (χ4n) is 4.63. The number of carbonyl (C=O) groups excluding carboxylic acids is 2. The van der Waals surface area contributed by atoms with Gasteiger partial charge in [-0.25, -0.2) is 0 Å². The summed E-state index contributed by atoms with van der Waals surface area (Å²) in [5, 5.41) is 0. The van der Waals surface area contributed by atoms with Gasteiger partial charge in [0.25, 0.3) is 0 Å². The van der Waals surface area contributed by atoms with Gasteiger partial charge in [-0.15, -0.1) is 11.8 Å². The van der Waals surface area contributed by atoms with Gasteiger partial charge in [-0.05, 0) is 38.3 Å².